The summed E-state index contributed by atoms with van der Waals surface area (Å²) < 4.78 is 0. The summed E-state index contributed by atoms with van der Waals surface area (Å²) in [5.41, 5.74) is 0. The lowest BCUT2D eigenvalue weighted by Crippen LogP contribution is -2.39. The molecule has 1 saturated carbocycles. The molecule has 2 fully saturated rings. The first-order valence-electron chi connectivity index (χ1n) is 4.58. The molecule has 0 amide bonds. The van der Waals surface area contributed by atoms with Gasteiger partial charge in [0.2, 0.25) is 0 Å². The largest absolute Gasteiger partial charge is 0.303 e. The number of hydrogen-bond acceptors (Lipinski definition) is 1. The molecule has 0 aromatic heterocycles. The lowest BCUT2D eigenvalue weighted by Gasteiger charge is -2.34. The van der Waals surface area contributed by atoms with Crippen LogP contribution in [0.15, 0.2) is 0 Å². The number of likely N-dealkylation sites (tertiary alicyclic amines) is 1. The van der Waals surface area contributed by atoms with Crippen molar-refractivity contribution in [1.29, 1.82) is 0 Å². The third kappa shape index (κ3) is 1.58. The highest BCUT2D eigenvalue weighted by molar-refractivity contribution is 4.87. The Morgan fingerprint density at radius 1 is 1.09 bits per heavy atom. The second-order valence-electron chi connectivity index (χ2n) is 3.88. The minimum Gasteiger partial charge on any atom is -0.303 e. The van der Waals surface area contributed by atoms with Crippen molar-refractivity contribution in [1.82, 2.24) is 4.90 Å². The van der Waals surface area contributed by atoms with Gasteiger partial charge in [0.25, 0.3) is 0 Å². The molecule has 1 saturated heterocycles. The zero-order chi connectivity index (χ0) is 6.97. The Labute approximate surface area is 70.8 Å². The molecule has 1 aliphatic carbocycles. The fraction of sp³-hybridized carbons (Fsp3) is 1.00. The Kier molecular flexibility index (Phi) is 2.94. The van der Waals surface area contributed by atoms with E-state index in [9.17, 15) is 0 Å². The van der Waals surface area contributed by atoms with Crippen molar-refractivity contribution >= 4 is 0 Å². The van der Waals surface area contributed by atoms with Crippen LogP contribution >= 0.6 is 0 Å². The zero-order valence-corrected chi connectivity index (χ0v) is 6.84. The highest BCUT2D eigenvalue weighted by Gasteiger charge is 2.32. The predicted molar refractivity (Wildman–Crippen MR) is 49.7 cm³/mol. The highest BCUT2D eigenvalue weighted by Crippen LogP contribution is 2.35. The molecule has 2 unspecified atom stereocenters. The van der Waals surface area contributed by atoms with Crippen molar-refractivity contribution < 1.29 is 0 Å². The lowest BCUT2D eigenvalue weighted by atomic mass is 9.93. The maximum absolute atomic E-state index is 2.57. The fourth-order valence-corrected chi connectivity index (χ4v) is 2.70. The van der Waals surface area contributed by atoms with Crippen molar-refractivity contribution in [2.75, 3.05) is 13.6 Å². The smallest absolute Gasteiger partial charge is 0.0120 e. The van der Waals surface area contributed by atoms with E-state index >= 15 is 0 Å². The first kappa shape index (κ1) is 9.05. The van der Waals surface area contributed by atoms with Crippen molar-refractivity contribution in [2.24, 2.45) is 5.92 Å². The van der Waals surface area contributed by atoms with Gasteiger partial charge < -0.3 is 4.90 Å². The second kappa shape index (κ2) is 3.57. The van der Waals surface area contributed by atoms with Gasteiger partial charge in [0.05, 0.1) is 0 Å². The van der Waals surface area contributed by atoms with Crippen LogP contribution in [0.25, 0.3) is 0 Å². The van der Waals surface area contributed by atoms with Gasteiger partial charge >= 0.3 is 0 Å². The topological polar surface area (TPSA) is 3.24 Å². The summed E-state index contributed by atoms with van der Waals surface area (Å²) in [5, 5.41) is 0. The molecule has 1 heterocycles. The molecule has 0 radical (unpaired) electrons. The average molecular weight is 155 g/mol. The Morgan fingerprint density at radius 2 is 1.82 bits per heavy atom. The maximum atomic E-state index is 2.57. The number of hydrogen-bond donors (Lipinski definition) is 0. The lowest BCUT2D eigenvalue weighted by molar-refractivity contribution is 0.144. The zero-order valence-electron chi connectivity index (χ0n) is 6.84. The highest BCUT2D eigenvalue weighted by atomic mass is 15.1. The Balaban J connectivity index is 0.000000605. The SMILES string of the molecule is C.CN1CCCC2CCCC21. The van der Waals surface area contributed by atoms with Gasteiger partial charge in [0.15, 0.2) is 0 Å². The molecule has 1 heteroatoms. The van der Waals surface area contributed by atoms with Crippen LogP contribution in [0.3, 0.4) is 0 Å². The molecule has 1 nitrogen and oxygen atoms in total. The molecular formula is C10H21N. The summed E-state index contributed by atoms with van der Waals surface area (Å²) in [5.74, 6) is 1.07. The first-order valence-corrected chi connectivity index (χ1v) is 4.58. The van der Waals surface area contributed by atoms with Crippen LogP contribution in [-0.4, -0.2) is 24.5 Å². The predicted octanol–water partition coefficient (Wildman–Crippen LogP) is 2.52. The van der Waals surface area contributed by atoms with Gasteiger partial charge in [0, 0.05) is 6.04 Å². The average Bonchev–Trinajstić information content (AvgIpc) is 2.36. The summed E-state index contributed by atoms with van der Waals surface area (Å²) in [4.78, 5) is 2.57. The minimum atomic E-state index is 0. The van der Waals surface area contributed by atoms with Gasteiger partial charge in [-0.2, -0.15) is 0 Å². The van der Waals surface area contributed by atoms with Crippen LogP contribution in [0.2, 0.25) is 0 Å². The van der Waals surface area contributed by atoms with Gasteiger partial charge in [-0.05, 0) is 45.2 Å². The van der Waals surface area contributed by atoms with Gasteiger partial charge in [-0.25, -0.2) is 0 Å². The van der Waals surface area contributed by atoms with Crippen LogP contribution in [0.4, 0.5) is 0 Å². The quantitative estimate of drug-likeness (QED) is 0.519. The van der Waals surface area contributed by atoms with E-state index in [1.165, 1.54) is 38.6 Å². The standard InChI is InChI=1S/C9H17N.CH4/c1-10-7-3-5-8-4-2-6-9(8)10;/h8-9H,2-7H2,1H3;1H4. The maximum Gasteiger partial charge on any atom is 0.0120 e. The van der Waals surface area contributed by atoms with Crippen molar-refractivity contribution in [3.8, 4) is 0 Å². The van der Waals surface area contributed by atoms with E-state index in [0.717, 1.165) is 12.0 Å². The van der Waals surface area contributed by atoms with Crippen molar-refractivity contribution in [2.45, 2.75) is 45.6 Å². The number of nitrogens with zero attached hydrogens (tertiary/aromatic N) is 1. The molecule has 2 rings (SSSR count). The van der Waals surface area contributed by atoms with Crippen LogP contribution in [0, 0.1) is 5.92 Å². The number of fused-ring (bicyclic) bond motifs is 1. The number of rotatable bonds is 0. The van der Waals surface area contributed by atoms with E-state index in [-0.39, 0.29) is 7.43 Å². The third-order valence-corrected chi connectivity index (χ3v) is 3.27. The summed E-state index contributed by atoms with van der Waals surface area (Å²) in [6.07, 6.45) is 7.42. The Morgan fingerprint density at radius 3 is 2.55 bits per heavy atom. The van der Waals surface area contributed by atoms with E-state index < -0.39 is 0 Å². The summed E-state index contributed by atoms with van der Waals surface area (Å²) in [6, 6.07) is 0.966. The molecule has 2 atom stereocenters. The molecule has 11 heavy (non-hydrogen) atoms. The van der Waals surface area contributed by atoms with E-state index in [4.69, 9.17) is 0 Å². The van der Waals surface area contributed by atoms with Gasteiger partial charge in [-0.15, -0.1) is 0 Å². The molecule has 2 aliphatic rings. The Bertz CT molecular complexity index is 122. The van der Waals surface area contributed by atoms with Gasteiger partial charge in [0.1, 0.15) is 0 Å². The molecule has 1 aliphatic heterocycles. The van der Waals surface area contributed by atoms with E-state index in [0.29, 0.717) is 0 Å². The molecule has 0 aromatic carbocycles. The second-order valence-corrected chi connectivity index (χ2v) is 3.88. The van der Waals surface area contributed by atoms with Gasteiger partial charge in [-0.1, -0.05) is 13.8 Å². The molecule has 0 spiro atoms. The Hall–Kier alpha value is -0.0400. The van der Waals surface area contributed by atoms with Crippen LogP contribution < -0.4 is 0 Å². The fourth-order valence-electron chi connectivity index (χ4n) is 2.70. The van der Waals surface area contributed by atoms with E-state index in [2.05, 4.69) is 11.9 Å². The van der Waals surface area contributed by atoms with Crippen LogP contribution in [0.5, 0.6) is 0 Å². The molecule has 0 N–H and O–H groups in total. The van der Waals surface area contributed by atoms with Crippen LogP contribution in [0.1, 0.15) is 39.5 Å². The van der Waals surface area contributed by atoms with Gasteiger partial charge in [-0.3, -0.25) is 0 Å². The van der Waals surface area contributed by atoms with E-state index in [1.54, 1.807) is 0 Å². The van der Waals surface area contributed by atoms with Crippen molar-refractivity contribution in [3.05, 3.63) is 0 Å². The molecule has 66 valence electrons. The minimum absolute atomic E-state index is 0. The normalized spacial score (nSPS) is 37.9. The summed E-state index contributed by atoms with van der Waals surface area (Å²) in [6.45, 7) is 1.35. The summed E-state index contributed by atoms with van der Waals surface area (Å²) >= 11 is 0. The molecule has 0 aromatic rings. The summed E-state index contributed by atoms with van der Waals surface area (Å²) in [7, 11) is 2.29. The molecular weight excluding hydrogens is 134 g/mol. The van der Waals surface area contributed by atoms with Crippen LogP contribution in [-0.2, 0) is 0 Å². The van der Waals surface area contributed by atoms with E-state index in [1.807, 2.05) is 0 Å². The monoisotopic (exact) mass is 155 g/mol. The number of piperidine rings is 1. The first-order chi connectivity index (χ1) is 4.88. The molecule has 0 bridgehead atoms. The van der Waals surface area contributed by atoms with Crippen molar-refractivity contribution in [3.63, 3.8) is 0 Å². The third-order valence-electron chi connectivity index (χ3n) is 3.27.